The average Bonchev–Trinajstić information content (AvgIpc) is 2.98. The quantitative estimate of drug-likeness (QED) is 0.711. The third-order valence-corrected chi connectivity index (χ3v) is 4.01. The average molecular weight is 329 g/mol. The third kappa shape index (κ3) is 3.92. The van der Waals surface area contributed by atoms with Gasteiger partial charge in [-0.2, -0.15) is 4.52 Å². The summed E-state index contributed by atoms with van der Waals surface area (Å²) in [5.41, 5.74) is 0.838. The number of rotatable bonds is 6. The molecule has 2 N–H and O–H groups in total. The van der Waals surface area contributed by atoms with E-state index < -0.39 is 0 Å². The van der Waals surface area contributed by atoms with Gasteiger partial charge < -0.3 is 10.6 Å². The first kappa shape index (κ1) is 15.2. The molecule has 0 aliphatic heterocycles. The number of hydrogen-bond acceptors (Lipinski definition) is 6. The lowest BCUT2D eigenvalue weighted by Gasteiger charge is -2.05. The number of aromatic nitrogens is 3. The highest BCUT2D eigenvalue weighted by atomic mass is 32.1. The molecule has 0 saturated carbocycles. The molecule has 23 heavy (non-hydrogen) atoms. The molecule has 0 fully saturated rings. The lowest BCUT2D eigenvalue weighted by atomic mass is 10.2. The Kier molecular flexibility index (Phi) is 4.62. The van der Waals surface area contributed by atoms with Gasteiger partial charge in [0.1, 0.15) is 0 Å². The van der Waals surface area contributed by atoms with Crippen molar-refractivity contribution in [1.29, 1.82) is 0 Å². The second kappa shape index (κ2) is 7.01. The van der Waals surface area contributed by atoms with Crippen molar-refractivity contribution in [3.05, 3.63) is 58.5 Å². The van der Waals surface area contributed by atoms with E-state index in [1.165, 1.54) is 28.1 Å². The molecule has 0 bridgehead atoms. The fourth-order valence-electron chi connectivity index (χ4n) is 1.98. The highest BCUT2D eigenvalue weighted by molar-refractivity contribution is 7.20. The van der Waals surface area contributed by atoms with Crippen LogP contribution in [0, 0.1) is 0 Å². The zero-order valence-electron chi connectivity index (χ0n) is 12.2. The standard InChI is InChI=1S/C15H15N5O2S/c21-12(18-10-11-4-2-1-3-5-11)6-8-16-14-19-20-13(22)7-9-17-15(20)23-14/h1-5,7,9H,6,8,10H2,(H,16,19)(H,18,21). The van der Waals surface area contributed by atoms with Crippen molar-refractivity contribution in [1.82, 2.24) is 19.9 Å². The van der Waals surface area contributed by atoms with E-state index in [2.05, 4.69) is 20.7 Å². The summed E-state index contributed by atoms with van der Waals surface area (Å²) in [6.45, 7) is 0.954. The molecule has 2 aromatic heterocycles. The van der Waals surface area contributed by atoms with Crippen LogP contribution < -0.4 is 16.2 Å². The van der Waals surface area contributed by atoms with Gasteiger partial charge in [-0.1, -0.05) is 41.7 Å². The molecule has 0 saturated heterocycles. The molecule has 0 unspecified atom stereocenters. The van der Waals surface area contributed by atoms with E-state index in [4.69, 9.17) is 0 Å². The highest BCUT2D eigenvalue weighted by Gasteiger charge is 2.06. The number of hydrogen-bond donors (Lipinski definition) is 2. The molecule has 0 radical (unpaired) electrons. The highest BCUT2D eigenvalue weighted by Crippen LogP contribution is 2.15. The molecule has 0 spiro atoms. The fraction of sp³-hybridized carbons (Fsp3) is 0.200. The van der Waals surface area contributed by atoms with Gasteiger partial charge in [0.2, 0.25) is 16.0 Å². The molecule has 1 aromatic carbocycles. The zero-order chi connectivity index (χ0) is 16.1. The minimum absolute atomic E-state index is 0.0437. The number of nitrogens with zero attached hydrogens (tertiary/aromatic N) is 3. The molecule has 1 amide bonds. The predicted octanol–water partition coefficient (Wildman–Crippen LogP) is 1.27. The van der Waals surface area contributed by atoms with Crippen LogP contribution in [-0.4, -0.2) is 27.0 Å². The number of anilines is 1. The third-order valence-electron chi connectivity index (χ3n) is 3.13. The molecule has 118 valence electrons. The van der Waals surface area contributed by atoms with Crippen LogP contribution in [0.1, 0.15) is 12.0 Å². The summed E-state index contributed by atoms with van der Waals surface area (Å²) in [5.74, 6) is -0.0437. The van der Waals surface area contributed by atoms with Crippen molar-refractivity contribution in [2.75, 3.05) is 11.9 Å². The number of nitrogens with one attached hydrogen (secondary N) is 2. The topological polar surface area (TPSA) is 88.4 Å². The van der Waals surface area contributed by atoms with E-state index in [9.17, 15) is 9.59 Å². The van der Waals surface area contributed by atoms with Crippen LogP contribution in [0.2, 0.25) is 0 Å². The maximum absolute atomic E-state index is 11.8. The summed E-state index contributed by atoms with van der Waals surface area (Å²) in [6, 6.07) is 11.1. The summed E-state index contributed by atoms with van der Waals surface area (Å²) in [6.07, 6.45) is 1.78. The Morgan fingerprint density at radius 1 is 1.22 bits per heavy atom. The molecule has 0 aliphatic rings. The summed E-state index contributed by atoms with van der Waals surface area (Å²) in [5, 5.41) is 10.6. The molecule has 8 heteroatoms. The number of carbonyl (C=O) groups is 1. The Morgan fingerprint density at radius 2 is 2.04 bits per heavy atom. The van der Waals surface area contributed by atoms with Crippen molar-refractivity contribution < 1.29 is 4.79 Å². The Labute approximate surface area is 136 Å². The van der Waals surface area contributed by atoms with Gasteiger partial charge in [-0.05, 0) is 5.56 Å². The lowest BCUT2D eigenvalue weighted by molar-refractivity contribution is -0.121. The first-order chi connectivity index (χ1) is 11.2. The van der Waals surface area contributed by atoms with E-state index in [0.717, 1.165) is 5.56 Å². The van der Waals surface area contributed by atoms with E-state index in [-0.39, 0.29) is 11.5 Å². The second-order valence-corrected chi connectivity index (χ2v) is 5.78. The van der Waals surface area contributed by atoms with Crippen LogP contribution in [0.25, 0.3) is 4.96 Å². The van der Waals surface area contributed by atoms with Gasteiger partial charge in [0, 0.05) is 31.8 Å². The monoisotopic (exact) mass is 329 g/mol. The largest absolute Gasteiger partial charge is 0.360 e. The lowest BCUT2D eigenvalue weighted by Crippen LogP contribution is -2.24. The van der Waals surface area contributed by atoms with Crippen LogP contribution in [0.4, 0.5) is 5.13 Å². The molecular formula is C15H15N5O2S. The van der Waals surface area contributed by atoms with Gasteiger partial charge in [0.25, 0.3) is 5.56 Å². The maximum atomic E-state index is 11.8. The number of carbonyl (C=O) groups excluding carboxylic acids is 1. The number of benzene rings is 1. The Morgan fingerprint density at radius 3 is 2.83 bits per heavy atom. The van der Waals surface area contributed by atoms with Crippen molar-refractivity contribution in [3.8, 4) is 0 Å². The Bertz CT molecular complexity index is 859. The van der Waals surface area contributed by atoms with Gasteiger partial charge >= 0.3 is 0 Å². The molecule has 3 rings (SSSR count). The van der Waals surface area contributed by atoms with Crippen molar-refractivity contribution >= 4 is 27.3 Å². The first-order valence-corrected chi connectivity index (χ1v) is 7.93. The van der Waals surface area contributed by atoms with E-state index >= 15 is 0 Å². The summed E-state index contributed by atoms with van der Waals surface area (Å²) in [4.78, 5) is 28.0. The first-order valence-electron chi connectivity index (χ1n) is 7.12. The van der Waals surface area contributed by atoms with Gasteiger partial charge in [0.05, 0.1) is 0 Å². The fourth-order valence-corrected chi connectivity index (χ4v) is 2.78. The minimum Gasteiger partial charge on any atom is -0.360 e. The van der Waals surface area contributed by atoms with Crippen LogP contribution >= 0.6 is 11.3 Å². The maximum Gasteiger partial charge on any atom is 0.275 e. The molecular weight excluding hydrogens is 314 g/mol. The van der Waals surface area contributed by atoms with E-state index in [1.807, 2.05) is 30.3 Å². The summed E-state index contributed by atoms with van der Waals surface area (Å²) < 4.78 is 1.24. The molecule has 0 aliphatic carbocycles. The smallest absolute Gasteiger partial charge is 0.275 e. The van der Waals surface area contributed by atoms with Gasteiger partial charge in [0.15, 0.2) is 0 Å². The Hall–Kier alpha value is -2.74. The molecule has 7 nitrogen and oxygen atoms in total. The summed E-state index contributed by atoms with van der Waals surface area (Å²) >= 11 is 1.27. The zero-order valence-corrected chi connectivity index (χ0v) is 13.0. The number of amides is 1. The van der Waals surface area contributed by atoms with Crippen LogP contribution in [0.5, 0.6) is 0 Å². The molecule has 3 aromatic rings. The van der Waals surface area contributed by atoms with Gasteiger partial charge in [-0.15, -0.1) is 5.10 Å². The Balaban J connectivity index is 1.47. The molecule has 2 heterocycles. The normalized spacial score (nSPS) is 10.6. The van der Waals surface area contributed by atoms with Crippen LogP contribution in [0.3, 0.4) is 0 Å². The SMILES string of the molecule is O=C(CCNc1nn2c(=O)ccnc2s1)NCc1ccccc1. The predicted molar refractivity (Wildman–Crippen MR) is 88.5 cm³/mol. The van der Waals surface area contributed by atoms with Gasteiger partial charge in [-0.3, -0.25) is 9.59 Å². The number of fused-ring (bicyclic) bond motifs is 1. The van der Waals surface area contributed by atoms with Crippen molar-refractivity contribution in [3.63, 3.8) is 0 Å². The van der Waals surface area contributed by atoms with E-state index in [1.54, 1.807) is 0 Å². The second-order valence-electron chi connectivity index (χ2n) is 4.82. The minimum atomic E-state index is -0.222. The van der Waals surface area contributed by atoms with Gasteiger partial charge in [-0.25, -0.2) is 4.98 Å². The van der Waals surface area contributed by atoms with Crippen molar-refractivity contribution in [2.24, 2.45) is 0 Å². The van der Waals surface area contributed by atoms with E-state index in [0.29, 0.717) is 29.6 Å². The van der Waals surface area contributed by atoms with Crippen LogP contribution in [0.15, 0.2) is 47.4 Å². The molecule has 0 atom stereocenters. The van der Waals surface area contributed by atoms with Crippen LogP contribution in [-0.2, 0) is 11.3 Å². The van der Waals surface area contributed by atoms with Crippen molar-refractivity contribution in [2.45, 2.75) is 13.0 Å². The summed E-state index contributed by atoms with van der Waals surface area (Å²) in [7, 11) is 0.